The van der Waals surface area contributed by atoms with Crippen molar-refractivity contribution in [2.45, 2.75) is 48.7 Å². The molecule has 194 valence electrons. The maximum absolute atomic E-state index is 11.6. The minimum atomic E-state index is -1.93. The number of methoxy groups -OCH3 is 1. The molecule has 2 aromatic rings. The summed E-state index contributed by atoms with van der Waals surface area (Å²) < 4.78 is 31.8. The van der Waals surface area contributed by atoms with Crippen molar-refractivity contribution in [1.82, 2.24) is 0 Å². The number of hydrogen-bond acceptors (Lipinski definition) is 14. The van der Waals surface area contributed by atoms with Crippen LogP contribution in [0, 0.1) is 0 Å². The lowest BCUT2D eigenvalue weighted by molar-refractivity contribution is -0.289. The molecule has 8 atom stereocenters. The van der Waals surface area contributed by atoms with Gasteiger partial charge < -0.3 is 63.8 Å². The second-order valence-electron chi connectivity index (χ2n) is 8.28. The molecule has 1 aromatic heterocycles. The number of aromatic hydroxyl groups is 1. The number of hydrogen-bond donors (Lipinski definition) is 7. The molecule has 0 spiro atoms. The molecule has 2 saturated heterocycles. The van der Waals surface area contributed by atoms with Crippen molar-refractivity contribution < 1.29 is 63.8 Å². The molecule has 0 bridgehead atoms. The Morgan fingerprint density at radius 1 is 1.11 bits per heavy atom. The van der Waals surface area contributed by atoms with Crippen LogP contribution >= 0.6 is 0 Å². The number of phenols is 1. The maximum atomic E-state index is 11.6. The number of ether oxygens (including phenoxy) is 5. The minimum absolute atomic E-state index is 0.0150. The Morgan fingerprint density at radius 3 is 2.51 bits per heavy atom. The second-order valence-corrected chi connectivity index (χ2v) is 8.28. The molecular weight excluding hydrogens is 476 g/mol. The first-order valence-electron chi connectivity index (χ1n) is 10.5. The van der Waals surface area contributed by atoms with E-state index in [0.717, 1.165) is 6.07 Å². The van der Waals surface area contributed by atoms with Gasteiger partial charge in [-0.1, -0.05) is 0 Å². The lowest BCUT2D eigenvalue weighted by Crippen LogP contribution is -2.60. The van der Waals surface area contributed by atoms with Gasteiger partial charge in [0.25, 0.3) is 0 Å². The molecule has 0 radical (unpaired) electrons. The summed E-state index contributed by atoms with van der Waals surface area (Å²) >= 11 is 0. The fourth-order valence-electron chi connectivity index (χ4n) is 3.81. The van der Waals surface area contributed by atoms with Crippen molar-refractivity contribution in [2.75, 3.05) is 26.9 Å². The summed E-state index contributed by atoms with van der Waals surface area (Å²) in [5.74, 6) is -1.02. The van der Waals surface area contributed by atoms with Crippen LogP contribution in [0.4, 0.5) is 0 Å². The standard InChI is InChI=1S/C21H26O14/c1-30-9-4-8-2-3-11(23)34-16(8)15(27)17(9)35-19-14(26)13(25)12(24)10(33-19)5-31-20-18(28)21(29,6-22)7-32-20/h2-4,10,12-14,18-20,22,24-29H,5-7H2,1H3. The average molecular weight is 502 g/mol. The number of aliphatic hydroxyl groups is 6. The van der Waals surface area contributed by atoms with E-state index in [1.165, 1.54) is 19.2 Å². The molecule has 2 aliphatic heterocycles. The van der Waals surface area contributed by atoms with E-state index in [0.29, 0.717) is 5.39 Å². The van der Waals surface area contributed by atoms with Crippen LogP contribution < -0.4 is 15.1 Å². The van der Waals surface area contributed by atoms with Crippen LogP contribution in [0.3, 0.4) is 0 Å². The first kappa shape index (κ1) is 25.6. The van der Waals surface area contributed by atoms with Gasteiger partial charge in [-0.25, -0.2) is 4.79 Å². The summed E-state index contributed by atoms with van der Waals surface area (Å²) in [5, 5.41) is 71.3. The Kier molecular flexibility index (Phi) is 7.19. The molecule has 2 aliphatic rings. The second kappa shape index (κ2) is 9.85. The highest BCUT2D eigenvalue weighted by Gasteiger charge is 2.50. The normalized spacial score (nSPS) is 35.3. The number of fused-ring (bicyclic) bond motifs is 1. The van der Waals surface area contributed by atoms with Crippen molar-refractivity contribution in [3.63, 3.8) is 0 Å². The van der Waals surface area contributed by atoms with Gasteiger partial charge in [0.1, 0.15) is 36.1 Å². The highest BCUT2D eigenvalue weighted by molar-refractivity contribution is 5.87. The fraction of sp³-hybridized carbons (Fsp3) is 0.571. The summed E-state index contributed by atoms with van der Waals surface area (Å²) in [7, 11) is 1.28. The average Bonchev–Trinajstić information content (AvgIpc) is 3.14. The number of benzene rings is 1. The van der Waals surface area contributed by atoms with Crippen molar-refractivity contribution in [3.8, 4) is 17.2 Å². The van der Waals surface area contributed by atoms with Gasteiger partial charge in [0.2, 0.25) is 17.8 Å². The summed E-state index contributed by atoms with van der Waals surface area (Å²) in [6.07, 6.45) is -11.2. The van der Waals surface area contributed by atoms with Crippen LogP contribution in [0.25, 0.3) is 11.0 Å². The zero-order valence-electron chi connectivity index (χ0n) is 18.4. The summed E-state index contributed by atoms with van der Waals surface area (Å²) in [6, 6.07) is 3.93. The predicted octanol–water partition coefficient (Wildman–Crippen LogP) is -2.85. The molecular formula is C21H26O14. The van der Waals surface area contributed by atoms with E-state index in [1.54, 1.807) is 0 Å². The SMILES string of the molecule is COc1cc2ccc(=O)oc2c(O)c1OC1OC(COC2OCC(O)(CO)C2O)C(O)C(O)C1O. The van der Waals surface area contributed by atoms with Gasteiger partial charge in [-0.15, -0.1) is 0 Å². The van der Waals surface area contributed by atoms with E-state index < -0.39 is 79.9 Å². The van der Waals surface area contributed by atoms with Crippen LogP contribution in [0.5, 0.6) is 17.2 Å². The molecule has 0 amide bonds. The van der Waals surface area contributed by atoms with Crippen molar-refractivity contribution in [2.24, 2.45) is 0 Å². The third kappa shape index (κ3) is 4.67. The smallest absolute Gasteiger partial charge is 0.336 e. The lowest BCUT2D eigenvalue weighted by atomic mass is 9.99. The van der Waals surface area contributed by atoms with Gasteiger partial charge in [-0.05, 0) is 12.1 Å². The third-order valence-electron chi connectivity index (χ3n) is 5.93. The fourth-order valence-corrected chi connectivity index (χ4v) is 3.81. The first-order valence-corrected chi connectivity index (χ1v) is 10.5. The van der Waals surface area contributed by atoms with Crippen molar-refractivity contribution in [3.05, 3.63) is 28.6 Å². The van der Waals surface area contributed by atoms with Gasteiger partial charge in [-0.2, -0.15) is 0 Å². The first-order chi connectivity index (χ1) is 16.6. The molecule has 7 N–H and O–H groups in total. The van der Waals surface area contributed by atoms with E-state index in [9.17, 15) is 40.5 Å². The largest absolute Gasteiger partial charge is 0.502 e. The Bertz CT molecular complexity index is 1100. The predicted molar refractivity (Wildman–Crippen MR) is 112 cm³/mol. The van der Waals surface area contributed by atoms with E-state index in [2.05, 4.69) is 0 Å². The molecule has 4 rings (SSSR count). The van der Waals surface area contributed by atoms with Crippen molar-refractivity contribution in [1.29, 1.82) is 0 Å². The molecule has 0 saturated carbocycles. The Morgan fingerprint density at radius 2 is 1.86 bits per heavy atom. The molecule has 8 unspecified atom stereocenters. The van der Waals surface area contributed by atoms with Crippen LogP contribution in [-0.2, 0) is 14.2 Å². The van der Waals surface area contributed by atoms with E-state index >= 15 is 0 Å². The van der Waals surface area contributed by atoms with E-state index in [-0.39, 0.29) is 17.1 Å². The van der Waals surface area contributed by atoms with Crippen LogP contribution in [0.2, 0.25) is 0 Å². The van der Waals surface area contributed by atoms with Crippen LogP contribution in [0.1, 0.15) is 0 Å². The zero-order chi connectivity index (χ0) is 25.5. The van der Waals surface area contributed by atoms with Crippen molar-refractivity contribution >= 4 is 11.0 Å². The number of aliphatic hydroxyl groups excluding tert-OH is 5. The third-order valence-corrected chi connectivity index (χ3v) is 5.93. The van der Waals surface area contributed by atoms with Crippen LogP contribution in [-0.4, -0.2) is 111 Å². The van der Waals surface area contributed by atoms with Crippen LogP contribution in [0.15, 0.2) is 27.4 Å². The number of phenolic OH excluding ortho intramolecular Hbond substituents is 1. The molecule has 3 heterocycles. The Labute approximate surface area is 197 Å². The quantitative estimate of drug-likeness (QED) is 0.190. The highest BCUT2D eigenvalue weighted by Crippen LogP contribution is 2.43. The van der Waals surface area contributed by atoms with Gasteiger partial charge in [0, 0.05) is 11.5 Å². The van der Waals surface area contributed by atoms with E-state index in [4.69, 9.17) is 28.1 Å². The topological polar surface area (TPSA) is 218 Å². The molecule has 2 fully saturated rings. The molecule has 14 heteroatoms. The summed E-state index contributed by atoms with van der Waals surface area (Å²) in [5.41, 5.74) is -2.89. The molecule has 14 nitrogen and oxygen atoms in total. The minimum Gasteiger partial charge on any atom is -0.502 e. The van der Waals surface area contributed by atoms with E-state index in [1.807, 2.05) is 0 Å². The highest BCUT2D eigenvalue weighted by atomic mass is 16.7. The summed E-state index contributed by atoms with van der Waals surface area (Å²) in [6.45, 7) is -1.69. The van der Waals surface area contributed by atoms with Gasteiger partial charge in [0.05, 0.1) is 26.9 Å². The molecule has 1 aromatic carbocycles. The Balaban J connectivity index is 1.54. The number of rotatable bonds is 7. The maximum Gasteiger partial charge on any atom is 0.336 e. The van der Waals surface area contributed by atoms with Gasteiger partial charge >= 0.3 is 5.63 Å². The summed E-state index contributed by atoms with van der Waals surface area (Å²) in [4.78, 5) is 11.6. The molecule has 0 aliphatic carbocycles. The van der Waals surface area contributed by atoms with Gasteiger partial charge in [-0.3, -0.25) is 0 Å². The monoisotopic (exact) mass is 502 g/mol. The van der Waals surface area contributed by atoms with Gasteiger partial charge in [0.15, 0.2) is 17.6 Å². The zero-order valence-corrected chi connectivity index (χ0v) is 18.4. The molecule has 35 heavy (non-hydrogen) atoms. The lowest BCUT2D eigenvalue weighted by Gasteiger charge is -2.40. The Hall–Kier alpha value is -2.53.